The minimum Gasteiger partial charge on any atom is -0.494 e. The summed E-state index contributed by atoms with van der Waals surface area (Å²) < 4.78 is 12.0. The molecular weight excluding hydrogens is 500 g/mol. The van der Waals surface area contributed by atoms with E-state index in [1.54, 1.807) is 103 Å². The molecule has 1 aliphatic heterocycles. The maximum Gasteiger partial charge on any atom is 0.174 e. The Kier molecular flexibility index (Phi) is 7.38. The Hall–Kier alpha value is -4.22. The number of halogens is 1. The van der Waals surface area contributed by atoms with Crippen LogP contribution in [0, 0.1) is 11.8 Å². The molecule has 0 N–H and O–H groups in total. The smallest absolute Gasteiger partial charge is 0.174 e. The molecule has 6 heteroatoms. The van der Waals surface area contributed by atoms with Gasteiger partial charge in [0.1, 0.15) is 17.6 Å². The summed E-state index contributed by atoms with van der Waals surface area (Å²) in [4.78, 5) is 42.2. The number of Topliss-reactive ketones (excluding diaryl/α,β-unsaturated/α-hetero) is 3. The number of ether oxygens (including phenoxy) is 2. The zero-order chi connectivity index (χ0) is 26.6. The number of rotatable bonds is 8. The fraction of sp³-hybridized carbons (Fsp3) is 0.156. The Balaban J connectivity index is 1.66. The Morgan fingerprint density at radius 2 is 1.42 bits per heavy atom. The van der Waals surface area contributed by atoms with Gasteiger partial charge in [-0.1, -0.05) is 66.2 Å². The maximum atomic E-state index is 14.1. The van der Waals surface area contributed by atoms with Crippen molar-refractivity contribution in [2.45, 2.75) is 13.0 Å². The number of benzene rings is 4. The highest BCUT2D eigenvalue weighted by molar-refractivity contribution is 6.30. The van der Waals surface area contributed by atoms with Crippen molar-refractivity contribution in [3.05, 3.63) is 130 Å². The second-order valence-corrected chi connectivity index (χ2v) is 9.44. The van der Waals surface area contributed by atoms with Crippen LogP contribution in [0.3, 0.4) is 0 Å². The molecule has 1 aliphatic rings. The van der Waals surface area contributed by atoms with Crippen LogP contribution in [-0.2, 0) is 0 Å². The second-order valence-electron chi connectivity index (χ2n) is 9.01. The van der Waals surface area contributed by atoms with Gasteiger partial charge < -0.3 is 9.47 Å². The highest BCUT2D eigenvalue weighted by Gasteiger charge is 2.49. The predicted octanol–water partition coefficient (Wildman–Crippen LogP) is 7.05. The maximum absolute atomic E-state index is 14.1. The highest BCUT2D eigenvalue weighted by Crippen LogP contribution is 2.44. The lowest BCUT2D eigenvalue weighted by Crippen LogP contribution is -2.43. The van der Waals surface area contributed by atoms with Crippen molar-refractivity contribution in [2.75, 3.05) is 6.61 Å². The van der Waals surface area contributed by atoms with Gasteiger partial charge in [-0.05, 0) is 61.0 Å². The summed E-state index contributed by atoms with van der Waals surface area (Å²) in [5.41, 5.74) is 1.64. The molecule has 4 aromatic carbocycles. The van der Waals surface area contributed by atoms with Crippen molar-refractivity contribution in [3.8, 4) is 11.5 Å². The third-order valence-corrected chi connectivity index (χ3v) is 6.92. The Morgan fingerprint density at radius 3 is 2.08 bits per heavy atom. The van der Waals surface area contributed by atoms with Gasteiger partial charge in [-0.25, -0.2) is 0 Å². The van der Waals surface area contributed by atoms with Crippen LogP contribution in [0.25, 0.3) is 0 Å². The van der Waals surface area contributed by atoms with Gasteiger partial charge in [0.15, 0.2) is 17.3 Å². The minimum absolute atomic E-state index is 0.292. The average molecular weight is 525 g/mol. The van der Waals surface area contributed by atoms with Gasteiger partial charge in [-0.15, -0.1) is 0 Å². The van der Waals surface area contributed by atoms with Gasteiger partial charge >= 0.3 is 0 Å². The second kappa shape index (κ2) is 11.0. The fourth-order valence-corrected chi connectivity index (χ4v) is 4.97. The van der Waals surface area contributed by atoms with Crippen molar-refractivity contribution in [1.82, 2.24) is 0 Å². The van der Waals surface area contributed by atoms with E-state index in [-0.39, 0.29) is 5.78 Å². The summed E-state index contributed by atoms with van der Waals surface area (Å²) in [5, 5.41) is 0.464. The lowest BCUT2D eigenvalue weighted by molar-refractivity contribution is 0.0428. The first kappa shape index (κ1) is 25.4. The fourth-order valence-electron chi connectivity index (χ4n) is 4.84. The van der Waals surface area contributed by atoms with Gasteiger partial charge in [0, 0.05) is 16.1 Å². The Bertz CT molecular complexity index is 1460. The molecule has 0 saturated carbocycles. The van der Waals surface area contributed by atoms with Gasteiger partial charge in [-0.3, -0.25) is 14.4 Å². The lowest BCUT2D eigenvalue weighted by atomic mass is 9.71. The average Bonchev–Trinajstić information content (AvgIpc) is 2.95. The molecule has 0 spiro atoms. The van der Waals surface area contributed by atoms with Crippen molar-refractivity contribution in [1.29, 1.82) is 0 Å². The number of fused-ring (bicyclic) bond motifs is 1. The largest absolute Gasteiger partial charge is 0.494 e. The Labute approximate surface area is 226 Å². The van der Waals surface area contributed by atoms with Crippen LogP contribution >= 0.6 is 11.6 Å². The van der Waals surface area contributed by atoms with Crippen molar-refractivity contribution in [3.63, 3.8) is 0 Å². The molecule has 3 atom stereocenters. The zero-order valence-electron chi connectivity index (χ0n) is 20.7. The molecular formula is C32H25ClO5. The number of ketones is 3. The molecule has 4 aromatic rings. The van der Waals surface area contributed by atoms with Crippen LogP contribution in [0.4, 0.5) is 0 Å². The van der Waals surface area contributed by atoms with Crippen LogP contribution in [0.5, 0.6) is 11.5 Å². The lowest BCUT2D eigenvalue weighted by Gasteiger charge is -2.36. The van der Waals surface area contributed by atoms with E-state index >= 15 is 0 Å². The summed E-state index contributed by atoms with van der Waals surface area (Å²) in [7, 11) is 0. The summed E-state index contributed by atoms with van der Waals surface area (Å²) >= 11 is 6.06. The molecule has 0 radical (unpaired) electrons. The summed E-state index contributed by atoms with van der Waals surface area (Å²) in [6.07, 6.45) is -0.873. The standard InChI is InChI=1S/C32H25ClO5/c1-2-37-24-18-14-22(15-19-24)32-28(31(36)25-10-6-7-11-26(25)38-32)27(29(34)20-8-4-3-5-9-20)30(35)21-12-16-23(33)17-13-21/h3-19,27-28,32H,2H2,1H3. The minimum atomic E-state index is -1.32. The molecule has 0 aliphatic carbocycles. The van der Waals surface area contributed by atoms with E-state index in [0.29, 0.717) is 45.4 Å². The molecule has 3 unspecified atom stereocenters. The van der Waals surface area contributed by atoms with Crippen LogP contribution < -0.4 is 9.47 Å². The van der Waals surface area contributed by atoms with E-state index in [9.17, 15) is 14.4 Å². The van der Waals surface area contributed by atoms with E-state index < -0.39 is 29.5 Å². The van der Waals surface area contributed by atoms with E-state index in [1.807, 2.05) is 6.92 Å². The van der Waals surface area contributed by atoms with Gasteiger partial charge in [0.2, 0.25) is 0 Å². The highest BCUT2D eigenvalue weighted by atomic mass is 35.5. The molecule has 0 fully saturated rings. The first-order valence-electron chi connectivity index (χ1n) is 12.4. The zero-order valence-corrected chi connectivity index (χ0v) is 21.4. The normalized spacial score (nSPS) is 17.2. The molecule has 0 aromatic heterocycles. The van der Waals surface area contributed by atoms with Crippen LogP contribution in [0.2, 0.25) is 5.02 Å². The monoisotopic (exact) mass is 524 g/mol. The van der Waals surface area contributed by atoms with Crippen LogP contribution in [-0.4, -0.2) is 24.0 Å². The molecule has 190 valence electrons. The molecule has 38 heavy (non-hydrogen) atoms. The van der Waals surface area contributed by atoms with Crippen molar-refractivity contribution < 1.29 is 23.9 Å². The number of para-hydroxylation sites is 1. The first-order valence-corrected chi connectivity index (χ1v) is 12.8. The van der Waals surface area contributed by atoms with Crippen molar-refractivity contribution >= 4 is 29.0 Å². The van der Waals surface area contributed by atoms with Crippen LogP contribution in [0.15, 0.2) is 103 Å². The van der Waals surface area contributed by atoms with Gasteiger partial charge in [0.25, 0.3) is 0 Å². The number of hydrogen-bond donors (Lipinski definition) is 0. The molecule has 0 bridgehead atoms. The summed E-state index contributed by atoms with van der Waals surface area (Å²) in [6, 6.07) is 29.0. The molecule has 0 amide bonds. The molecule has 0 saturated heterocycles. The van der Waals surface area contributed by atoms with E-state index in [4.69, 9.17) is 21.1 Å². The number of carbonyl (C=O) groups excluding carboxylic acids is 3. The molecule has 5 nitrogen and oxygen atoms in total. The number of carbonyl (C=O) groups is 3. The third kappa shape index (κ3) is 4.98. The topological polar surface area (TPSA) is 69.7 Å². The predicted molar refractivity (Wildman–Crippen MR) is 145 cm³/mol. The van der Waals surface area contributed by atoms with E-state index in [0.717, 1.165) is 0 Å². The van der Waals surface area contributed by atoms with E-state index in [1.165, 1.54) is 0 Å². The SMILES string of the molecule is CCOc1ccc(C2Oc3ccccc3C(=O)C2C(C(=O)c2ccccc2)C(=O)c2ccc(Cl)cc2)cc1. The van der Waals surface area contributed by atoms with Gasteiger partial charge in [0.05, 0.1) is 24.0 Å². The third-order valence-electron chi connectivity index (χ3n) is 6.67. The number of hydrogen-bond acceptors (Lipinski definition) is 5. The first-order chi connectivity index (χ1) is 18.5. The van der Waals surface area contributed by atoms with Gasteiger partial charge in [-0.2, -0.15) is 0 Å². The van der Waals surface area contributed by atoms with Crippen molar-refractivity contribution in [2.24, 2.45) is 11.8 Å². The Morgan fingerprint density at radius 1 is 0.816 bits per heavy atom. The summed E-state index contributed by atoms with van der Waals surface area (Å²) in [5.74, 6) is -2.56. The molecule has 5 rings (SSSR count). The quantitative estimate of drug-likeness (QED) is 0.182. The molecule has 1 heterocycles. The van der Waals surface area contributed by atoms with E-state index in [2.05, 4.69) is 0 Å². The van der Waals surface area contributed by atoms with Crippen LogP contribution in [0.1, 0.15) is 49.7 Å². The summed E-state index contributed by atoms with van der Waals surface area (Å²) in [6.45, 7) is 2.41.